The molecule has 0 bridgehead atoms. The van der Waals surface area contributed by atoms with E-state index in [1.165, 1.54) is 25.7 Å². The Bertz CT molecular complexity index is 364. The molecule has 3 rings (SSSR count). The van der Waals surface area contributed by atoms with E-state index < -0.39 is 5.54 Å². The number of nitrogens with one attached hydrogen (secondary N) is 1. The Labute approximate surface area is 121 Å². The van der Waals surface area contributed by atoms with Gasteiger partial charge in [0.1, 0.15) is 5.54 Å². The van der Waals surface area contributed by atoms with Crippen molar-refractivity contribution >= 4 is 5.91 Å². The van der Waals surface area contributed by atoms with Crippen molar-refractivity contribution in [2.75, 3.05) is 26.8 Å². The normalized spacial score (nSPS) is 25.7. The van der Waals surface area contributed by atoms with Gasteiger partial charge in [-0.3, -0.25) is 15.0 Å². The topological polar surface area (TPSA) is 67.6 Å². The predicted octanol–water partition coefficient (Wildman–Crippen LogP) is 0.483. The molecule has 5 heteroatoms. The van der Waals surface area contributed by atoms with Crippen molar-refractivity contribution in [1.29, 1.82) is 0 Å². The molecule has 1 atom stereocenters. The lowest BCUT2D eigenvalue weighted by molar-refractivity contribution is -0.126. The third-order valence-corrected chi connectivity index (χ3v) is 4.85. The zero-order valence-electron chi connectivity index (χ0n) is 12.4. The van der Waals surface area contributed by atoms with Gasteiger partial charge >= 0.3 is 0 Å². The summed E-state index contributed by atoms with van der Waals surface area (Å²) >= 11 is 0. The third-order valence-electron chi connectivity index (χ3n) is 4.85. The molecule has 3 aliphatic rings. The summed E-state index contributed by atoms with van der Waals surface area (Å²) in [4.78, 5) is 14.6. The van der Waals surface area contributed by atoms with Crippen molar-refractivity contribution in [2.24, 2.45) is 11.7 Å². The molecular formula is C15H27N3O2. The lowest BCUT2D eigenvalue weighted by Crippen LogP contribution is -2.64. The van der Waals surface area contributed by atoms with Gasteiger partial charge in [-0.25, -0.2) is 0 Å². The van der Waals surface area contributed by atoms with Crippen LogP contribution in [0.3, 0.4) is 0 Å². The van der Waals surface area contributed by atoms with E-state index in [2.05, 4.69) is 10.2 Å². The van der Waals surface area contributed by atoms with E-state index in [0.29, 0.717) is 18.0 Å². The summed E-state index contributed by atoms with van der Waals surface area (Å²) in [6.07, 6.45) is 7.11. The molecule has 1 unspecified atom stereocenters. The first-order valence-electron chi connectivity index (χ1n) is 7.96. The molecule has 20 heavy (non-hydrogen) atoms. The molecule has 0 aliphatic heterocycles. The molecule has 3 aliphatic carbocycles. The summed E-state index contributed by atoms with van der Waals surface area (Å²) in [6, 6.07) is 1.13. The highest BCUT2D eigenvalue weighted by atomic mass is 16.5. The van der Waals surface area contributed by atoms with Gasteiger partial charge in [0.2, 0.25) is 5.91 Å². The SMILES string of the molecule is COCCN(CC(NC1CC1)(C(N)=O)C1CC1)C1CC1. The van der Waals surface area contributed by atoms with E-state index in [4.69, 9.17) is 10.5 Å². The van der Waals surface area contributed by atoms with Crippen molar-refractivity contribution in [3.8, 4) is 0 Å². The van der Waals surface area contributed by atoms with Crippen molar-refractivity contribution in [3.05, 3.63) is 0 Å². The second-order valence-corrected chi connectivity index (χ2v) is 6.72. The first-order chi connectivity index (χ1) is 9.65. The number of nitrogens with zero attached hydrogens (tertiary/aromatic N) is 1. The maximum Gasteiger partial charge on any atom is 0.239 e. The Morgan fingerprint density at radius 1 is 1.30 bits per heavy atom. The average Bonchev–Trinajstić information content (AvgIpc) is 3.29. The number of ether oxygens (including phenoxy) is 1. The first-order valence-corrected chi connectivity index (χ1v) is 7.96. The fourth-order valence-electron chi connectivity index (χ4n) is 3.17. The fourth-order valence-corrected chi connectivity index (χ4v) is 3.17. The Balaban J connectivity index is 1.71. The molecule has 0 spiro atoms. The Morgan fingerprint density at radius 2 is 2.00 bits per heavy atom. The quantitative estimate of drug-likeness (QED) is 0.611. The van der Waals surface area contributed by atoms with E-state index in [1.54, 1.807) is 7.11 Å². The highest BCUT2D eigenvalue weighted by Gasteiger charge is 2.53. The molecule has 3 saturated carbocycles. The molecule has 0 aromatic heterocycles. The number of hydrogen-bond donors (Lipinski definition) is 2. The molecule has 114 valence electrons. The minimum absolute atomic E-state index is 0.157. The second-order valence-electron chi connectivity index (χ2n) is 6.72. The summed E-state index contributed by atoms with van der Waals surface area (Å²) in [7, 11) is 1.73. The van der Waals surface area contributed by atoms with Gasteiger partial charge in [0.05, 0.1) is 6.61 Å². The second kappa shape index (κ2) is 5.62. The number of hydrogen-bond acceptors (Lipinski definition) is 4. The summed E-state index contributed by atoms with van der Waals surface area (Å²) in [5.74, 6) is 0.277. The van der Waals surface area contributed by atoms with E-state index in [-0.39, 0.29) is 5.91 Å². The minimum Gasteiger partial charge on any atom is -0.383 e. The van der Waals surface area contributed by atoms with Crippen LogP contribution in [0.15, 0.2) is 0 Å². The molecule has 5 nitrogen and oxygen atoms in total. The van der Waals surface area contributed by atoms with Gasteiger partial charge in [0.15, 0.2) is 0 Å². The van der Waals surface area contributed by atoms with Gasteiger partial charge in [-0.05, 0) is 44.4 Å². The van der Waals surface area contributed by atoms with Crippen molar-refractivity contribution in [1.82, 2.24) is 10.2 Å². The Kier molecular flexibility index (Phi) is 4.02. The molecule has 3 N–H and O–H groups in total. The largest absolute Gasteiger partial charge is 0.383 e. The fraction of sp³-hybridized carbons (Fsp3) is 0.933. The van der Waals surface area contributed by atoms with Gasteiger partial charge in [0, 0.05) is 32.3 Å². The van der Waals surface area contributed by atoms with Crippen LogP contribution in [0, 0.1) is 5.92 Å². The maximum absolute atomic E-state index is 12.2. The molecular weight excluding hydrogens is 254 g/mol. The molecule has 0 aromatic carbocycles. The lowest BCUT2D eigenvalue weighted by Gasteiger charge is -2.37. The average molecular weight is 281 g/mol. The maximum atomic E-state index is 12.2. The molecule has 1 amide bonds. The predicted molar refractivity (Wildman–Crippen MR) is 77.3 cm³/mol. The van der Waals surface area contributed by atoms with E-state index >= 15 is 0 Å². The Morgan fingerprint density at radius 3 is 2.45 bits per heavy atom. The molecule has 0 saturated heterocycles. The van der Waals surface area contributed by atoms with E-state index in [9.17, 15) is 4.79 Å². The molecule has 0 radical (unpaired) electrons. The van der Waals surface area contributed by atoms with Crippen LogP contribution in [0.1, 0.15) is 38.5 Å². The standard InChI is InChI=1S/C15H27N3O2/c1-20-9-8-18(13-6-7-13)10-15(14(16)19,11-2-3-11)17-12-4-5-12/h11-13,17H,2-10H2,1H3,(H2,16,19). The van der Waals surface area contributed by atoms with Crippen LogP contribution in [0.5, 0.6) is 0 Å². The van der Waals surface area contributed by atoms with Crippen molar-refractivity contribution in [2.45, 2.75) is 56.1 Å². The van der Waals surface area contributed by atoms with Gasteiger partial charge in [-0.15, -0.1) is 0 Å². The highest BCUT2D eigenvalue weighted by Crippen LogP contribution is 2.43. The number of primary amides is 1. The number of carbonyl (C=O) groups excluding carboxylic acids is 1. The van der Waals surface area contributed by atoms with Crippen LogP contribution in [0.4, 0.5) is 0 Å². The lowest BCUT2D eigenvalue weighted by atomic mass is 9.90. The Hall–Kier alpha value is -0.650. The van der Waals surface area contributed by atoms with Crippen LogP contribution in [-0.4, -0.2) is 55.2 Å². The zero-order valence-corrected chi connectivity index (χ0v) is 12.4. The zero-order chi connectivity index (χ0) is 14.2. The number of carbonyl (C=O) groups is 1. The van der Waals surface area contributed by atoms with Gasteiger partial charge in [-0.1, -0.05) is 0 Å². The highest BCUT2D eigenvalue weighted by molar-refractivity contribution is 5.86. The summed E-state index contributed by atoms with van der Waals surface area (Å²) in [6.45, 7) is 2.38. The third kappa shape index (κ3) is 3.15. The van der Waals surface area contributed by atoms with Gasteiger partial charge in [0.25, 0.3) is 0 Å². The molecule has 0 aromatic rings. The van der Waals surface area contributed by atoms with E-state index in [1.807, 2.05) is 0 Å². The van der Waals surface area contributed by atoms with Crippen molar-refractivity contribution < 1.29 is 9.53 Å². The molecule has 3 fully saturated rings. The molecule has 0 heterocycles. The number of methoxy groups -OCH3 is 1. The number of nitrogens with two attached hydrogens (primary N) is 1. The smallest absolute Gasteiger partial charge is 0.239 e. The van der Waals surface area contributed by atoms with Gasteiger partial charge < -0.3 is 10.5 Å². The van der Waals surface area contributed by atoms with E-state index in [0.717, 1.165) is 32.5 Å². The van der Waals surface area contributed by atoms with Crippen molar-refractivity contribution in [3.63, 3.8) is 0 Å². The summed E-state index contributed by atoms with van der Waals surface area (Å²) in [5, 5.41) is 3.60. The minimum atomic E-state index is -0.502. The van der Waals surface area contributed by atoms with Crippen LogP contribution < -0.4 is 11.1 Å². The van der Waals surface area contributed by atoms with Gasteiger partial charge in [-0.2, -0.15) is 0 Å². The van der Waals surface area contributed by atoms with Crippen LogP contribution in [0.2, 0.25) is 0 Å². The number of rotatable bonds is 10. The number of amides is 1. The van der Waals surface area contributed by atoms with Crippen LogP contribution >= 0.6 is 0 Å². The first kappa shape index (κ1) is 14.3. The van der Waals surface area contributed by atoms with Crippen LogP contribution in [-0.2, 0) is 9.53 Å². The van der Waals surface area contributed by atoms with Crippen LogP contribution in [0.25, 0.3) is 0 Å². The summed E-state index contributed by atoms with van der Waals surface area (Å²) < 4.78 is 5.22. The monoisotopic (exact) mass is 281 g/mol. The summed E-state index contributed by atoms with van der Waals surface area (Å²) in [5.41, 5.74) is 5.32.